The Morgan fingerprint density at radius 1 is 1.22 bits per heavy atom. The molecular formula is C18H19N3O6. The molecule has 2 rings (SSSR count). The predicted octanol–water partition coefficient (Wildman–Crippen LogP) is 2.45. The van der Waals surface area contributed by atoms with Gasteiger partial charge in [0.25, 0.3) is 5.91 Å². The molecule has 2 aromatic carbocycles. The molecule has 0 aliphatic carbocycles. The first kappa shape index (κ1) is 19.7. The van der Waals surface area contributed by atoms with Crippen LogP contribution in [0, 0.1) is 17.0 Å². The Morgan fingerprint density at radius 3 is 2.59 bits per heavy atom. The van der Waals surface area contributed by atoms with Crippen molar-refractivity contribution in [2.75, 3.05) is 20.8 Å². The lowest BCUT2D eigenvalue weighted by atomic mass is 10.1. The number of hydrogen-bond donors (Lipinski definition) is 1. The Morgan fingerprint density at radius 2 is 1.96 bits per heavy atom. The number of hydrogen-bond acceptors (Lipinski definition) is 7. The highest BCUT2D eigenvalue weighted by Crippen LogP contribution is 2.33. The average molecular weight is 373 g/mol. The Balaban J connectivity index is 2.03. The van der Waals surface area contributed by atoms with E-state index in [1.54, 1.807) is 12.1 Å². The van der Waals surface area contributed by atoms with Gasteiger partial charge in [-0.1, -0.05) is 12.1 Å². The van der Waals surface area contributed by atoms with Gasteiger partial charge in [-0.2, -0.15) is 5.10 Å². The molecule has 0 aromatic heterocycles. The number of nitro groups is 1. The minimum atomic E-state index is -0.579. The second kappa shape index (κ2) is 9.18. The highest BCUT2D eigenvalue weighted by Gasteiger charge is 2.18. The van der Waals surface area contributed by atoms with Crippen LogP contribution in [0.4, 0.5) is 5.69 Å². The molecule has 0 saturated heterocycles. The van der Waals surface area contributed by atoms with E-state index in [2.05, 4.69) is 10.5 Å². The Kier molecular flexibility index (Phi) is 6.70. The molecule has 0 fully saturated rings. The van der Waals surface area contributed by atoms with Crippen molar-refractivity contribution in [3.05, 3.63) is 57.6 Å². The number of nitrogens with zero attached hydrogens (tertiary/aromatic N) is 2. The highest BCUT2D eigenvalue weighted by atomic mass is 16.6. The van der Waals surface area contributed by atoms with E-state index in [9.17, 15) is 14.9 Å². The summed E-state index contributed by atoms with van der Waals surface area (Å²) in [7, 11) is 2.73. The summed E-state index contributed by atoms with van der Waals surface area (Å²) in [4.78, 5) is 22.3. The van der Waals surface area contributed by atoms with Gasteiger partial charge in [0.1, 0.15) is 11.5 Å². The van der Waals surface area contributed by atoms with E-state index in [1.165, 1.54) is 32.6 Å². The molecule has 27 heavy (non-hydrogen) atoms. The summed E-state index contributed by atoms with van der Waals surface area (Å²) in [5.74, 6) is 0.465. The van der Waals surface area contributed by atoms with Crippen LogP contribution in [0.2, 0.25) is 0 Å². The van der Waals surface area contributed by atoms with E-state index in [0.29, 0.717) is 17.1 Å². The van der Waals surface area contributed by atoms with Crippen LogP contribution >= 0.6 is 0 Å². The minimum Gasteiger partial charge on any atom is -0.496 e. The molecule has 2 aromatic rings. The number of nitrogens with one attached hydrogen (secondary N) is 1. The van der Waals surface area contributed by atoms with Crippen LogP contribution in [0.5, 0.6) is 17.2 Å². The maximum atomic E-state index is 11.8. The van der Waals surface area contributed by atoms with E-state index >= 15 is 0 Å². The molecular weight excluding hydrogens is 354 g/mol. The van der Waals surface area contributed by atoms with Crippen molar-refractivity contribution in [1.29, 1.82) is 0 Å². The third kappa shape index (κ3) is 5.43. The molecule has 0 bridgehead atoms. The monoisotopic (exact) mass is 373 g/mol. The van der Waals surface area contributed by atoms with Gasteiger partial charge in [0.05, 0.1) is 25.4 Å². The van der Waals surface area contributed by atoms with Crippen molar-refractivity contribution in [2.24, 2.45) is 5.10 Å². The number of carbonyl (C=O) groups is 1. The fourth-order valence-electron chi connectivity index (χ4n) is 2.21. The number of aryl methyl sites for hydroxylation is 1. The first-order valence-corrected chi connectivity index (χ1v) is 7.86. The summed E-state index contributed by atoms with van der Waals surface area (Å²) in [5, 5.41) is 14.9. The summed E-state index contributed by atoms with van der Waals surface area (Å²) in [6, 6.07) is 9.91. The Bertz CT molecular complexity index is 866. The smallest absolute Gasteiger partial charge is 0.311 e. The third-order valence-electron chi connectivity index (χ3n) is 3.48. The van der Waals surface area contributed by atoms with Gasteiger partial charge in [-0.15, -0.1) is 0 Å². The fraction of sp³-hybridized carbons (Fsp3) is 0.222. The number of carbonyl (C=O) groups excluding carboxylic acids is 1. The van der Waals surface area contributed by atoms with E-state index < -0.39 is 10.8 Å². The molecule has 9 heteroatoms. The van der Waals surface area contributed by atoms with E-state index in [0.717, 1.165) is 5.56 Å². The topological polar surface area (TPSA) is 112 Å². The number of nitro benzene ring substituents is 1. The third-order valence-corrected chi connectivity index (χ3v) is 3.48. The van der Waals surface area contributed by atoms with Crippen molar-refractivity contribution in [3.63, 3.8) is 0 Å². The van der Waals surface area contributed by atoms with Crippen LogP contribution in [-0.2, 0) is 4.79 Å². The molecule has 0 spiro atoms. The van der Waals surface area contributed by atoms with Crippen molar-refractivity contribution in [3.8, 4) is 17.2 Å². The first-order chi connectivity index (χ1) is 12.9. The zero-order valence-corrected chi connectivity index (χ0v) is 15.1. The van der Waals surface area contributed by atoms with Crippen LogP contribution in [0.15, 0.2) is 41.5 Å². The second-order valence-corrected chi connectivity index (χ2v) is 5.42. The van der Waals surface area contributed by atoms with Crippen LogP contribution in [0.3, 0.4) is 0 Å². The lowest BCUT2D eigenvalue weighted by molar-refractivity contribution is -0.385. The average Bonchev–Trinajstić information content (AvgIpc) is 2.65. The van der Waals surface area contributed by atoms with Crippen molar-refractivity contribution < 1.29 is 23.9 Å². The van der Waals surface area contributed by atoms with Crippen molar-refractivity contribution in [2.45, 2.75) is 6.92 Å². The summed E-state index contributed by atoms with van der Waals surface area (Å²) >= 11 is 0. The summed E-state index contributed by atoms with van der Waals surface area (Å²) in [6.07, 6.45) is 1.25. The van der Waals surface area contributed by atoms with Gasteiger partial charge in [0, 0.05) is 17.7 Å². The van der Waals surface area contributed by atoms with E-state index in [1.807, 2.05) is 19.1 Å². The van der Waals surface area contributed by atoms with Crippen molar-refractivity contribution in [1.82, 2.24) is 5.43 Å². The quantitative estimate of drug-likeness (QED) is 0.432. The molecule has 0 atom stereocenters. The van der Waals surface area contributed by atoms with Gasteiger partial charge in [-0.3, -0.25) is 14.9 Å². The summed E-state index contributed by atoms with van der Waals surface area (Å²) in [5.41, 5.74) is 3.37. The van der Waals surface area contributed by atoms with Crippen LogP contribution in [0.25, 0.3) is 0 Å². The molecule has 0 heterocycles. The normalized spacial score (nSPS) is 10.5. The highest BCUT2D eigenvalue weighted by molar-refractivity contribution is 5.87. The summed E-state index contributed by atoms with van der Waals surface area (Å²) < 4.78 is 15.5. The van der Waals surface area contributed by atoms with Crippen LogP contribution in [-0.4, -0.2) is 37.9 Å². The molecule has 0 aliphatic heterocycles. The lowest BCUT2D eigenvalue weighted by Gasteiger charge is -2.08. The molecule has 9 nitrogen and oxygen atoms in total. The lowest BCUT2D eigenvalue weighted by Crippen LogP contribution is -2.24. The first-order valence-electron chi connectivity index (χ1n) is 7.86. The molecule has 0 aliphatic rings. The number of hydrazone groups is 1. The van der Waals surface area contributed by atoms with Gasteiger partial charge in [0.2, 0.25) is 5.75 Å². The standard InChI is InChI=1S/C18H19N3O6/c1-12-5-4-6-14(7-12)27-11-18(22)20-19-10-13-8-15(21(23)24)17(26-3)9-16(13)25-2/h4-10H,11H2,1-3H3,(H,20,22)/b19-10+. The molecule has 142 valence electrons. The van der Waals surface area contributed by atoms with Crippen LogP contribution in [0.1, 0.15) is 11.1 Å². The molecule has 0 unspecified atom stereocenters. The zero-order chi connectivity index (χ0) is 19.8. The zero-order valence-electron chi connectivity index (χ0n) is 15.1. The molecule has 1 amide bonds. The number of ether oxygens (including phenoxy) is 3. The number of amides is 1. The fourth-order valence-corrected chi connectivity index (χ4v) is 2.21. The number of benzene rings is 2. The largest absolute Gasteiger partial charge is 0.496 e. The van der Waals surface area contributed by atoms with E-state index in [4.69, 9.17) is 14.2 Å². The van der Waals surface area contributed by atoms with Gasteiger partial charge in [0.15, 0.2) is 6.61 Å². The summed E-state index contributed by atoms with van der Waals surface area (Å²) in [6.45, 7) is 1.69. The molecule has 0 saturated carbocycles. The van der Waals surface area contributed by atoms with Crippen LogP contribution < -0.4 is 19.6 Å². The van der Waals surface area contributed by atoms with Gasteiger partial charge >= 0.3 is 5.69 Å². The van der Waals surface area contributed by atoms with Gasteiger partial charge < -0.3 is 14.2 Å². The molecule has 1 N–H and O–H groups in total. The predicted molar refractivity (Wildman–Crippen MR) is 98.6 cm³/mol. The van der Waals surface area contributed by atoms with E-state index in [-0.39, 0.29) is 18.0 Å². The maximum absolute atomic E-state index is 11.8. The SMILES string of the molecule is COc1cc(OC)c([N+](=O)[O-])cc1/C=N/NC(=O)COc1cccc(C)c1. The van der Waals surface area contributed by atoms with Gasteiger partial charge in [-0.25, -0.2) is 5.43 Å². The Hall–Kier alpha value is -3.62. The number of methoxy groups -OCH3 is 2. The van der Waals surface area contributed by atoms with Gasteiger partial charge in [-0.05, 0) is 24.6 Å². The minimum absolute atomic E-state index is 0.0598. The second-order valence-electron chi connectivity index (χ2n) is 5.42. The maximum Gasteiger partial charge on any atom is 0.311 e. The number of rotatable bonds is 8. The molecule has 0 radical (unpaired) electrons. The Labute approximate surface area is 155 Å². The van der Waals surface area contributed by atoms with Crippen molar-refractivity contribution >= 4 is 17.8 Å².